The number of hydrogen-bond acceptors (Lipinski definition) is 5. The first-order chi connectivity index (χ1) is 15.9. The van der Waals surface area contributed by atoms with Crippen molar-refractivity contribution in [3.63, 3.8) is 0 Å². The highest BCUT2D eigenvalue weighted by Gasteiger charge is 2.24. The van der Waals surface area contributed by atoms with Crippen LogP contribution in [0.15, 0.2) is 41.3 Å². The molecule has 6 nitrogen and oxygen atoms in total. The quantitative estimate of drug-likeness (QED) is 0.316. The standard InChI is InChI=1S/C25H34Cl2N2O4S/c1-7-28(8-2)20-10-9-19(16-29(18(5)6)25(30)13-17(3)4)24(14-20)33-34(31,32)21-11-12-22(26)23(27)15-21/h9-12,14-15,17-18H,7-8,13,16H2,1-6H3. The maximum atomic E-state index is 13.1. The fourth-order valence-corrected chi connectivity index (χ4v) is 4.89. The van der Waals surface area contributed by atoms with Gasteiger partial charge in [-0.05, 0) is 57.9 Å². The van der Waals surface area contributed by atoms with E-state index in [4.69, 9.17) is 27.4 Å². The van der Waals surface area contributed by atoms with Crippen molar-refractivity contribution < 1.29 is 17.4 Å². The van der Waals surface area contributed by atoms with Crippen molar-refractivity contribution in [3.8, 4) is 5.75 Å². The van der Waals surface area contributed by atoms with Crippen LogP contribution in [0.3, 0.4) is 0 Å². The van der Waals surface area contributed by atoms with Crippen molar-refractivity contribution in [1.82, 2.24) is 4.90 Å². The molecule has 0 saturated heterocycles. The predicted molar refractivity (Wildman–Crippen MR) is 139 cm³/mol. The summed E-state index contributed by atoms with van der Waals surface area (Å²) in [6.07, 6.45) is 0.410. The first kappa shape index (κ1) is 28.3. The van der Waals surface area contributed by atoms with E-state index in [1.54, 1.807) is 11.0 Å². The number of amides is 1. The summed E-state index contributed by atoms with van der Waals surface area (Å²) in [6.45, 7) is 13.6. The Morgan fingerprint density at radius 3 is 2.15 bits per heavy atom. The molecule has 188 valence electrons. The molecule has 0 fully saturated rings. The summed E-state index contributed by atoms with van der Waals surface area (Å²) in [5, 5.41) is 0.370. The second-order valence-electron chi connectivity index (χ2n) is 8.79. The molecule has 0 bridgehead atoms. The zero-order valence-electron chi connectivity index (χ0n) is 20.6. The van der Waals surface area contributed by atoms with Crippen LogP contribution in [-0.2, 0) is 21.5 Å². The fourth-order valence-electron chi connectivity index (χ4n) is 3.54. The van der Waals surface area contributed by atoms with Crippen LogP contribution in [0, 0.1) is 5.92 Å². The Morgan fingerprint density at radius 2 is 1.62 bits per heavy atom. The van der Waals surface area contributed by atoms with Crippen molar-refractivity contribution >= 4 is 44.9 Å². The molecule has 2 aromatic rings. The molecule has 0 aliphatic carbocycles. The molecule has 0 atom stereocenters. The van der Waals surface area contributed by atoms with Crippen LogP contribution in [0.25, 0.3) is 0 Å². The average Bonchev–Trinajstić information content (AvgIpc) is 2.74. The van der Waals surface area contributed by atoms with Crippen LogP contribution in [0.2, 0.25) is 10.0 Å². The molecule has 2 rings (SSSR count). The minimum Gasteiger partial charge on any atom is -0.379 e. The third-order valence-electron chi connectivity index (χ3n) is 5.43. The molecule has 0 N–H and O–H groups in total. The van der Waals surface area contributed by atoms with Crippen molar-refractivity contribution in [1.29, 1.82) is 0 Å². The van der Waals surface area contributed by atoms with Gasteiger partial charge in [-0.2, -0.15) is 8.42 Å². The van der Waals surface area contributed by atoms with Gasteiger partial charge in [0.05, 0.1) is 10.0 Å². The number of carbonyl (C=O) groups excluding carboxylic acids is 1. The van der Waals surface area contributed by atoms with Gasteiger partial charge in [0.15, 0.2) is 0 Å². The Labute approximate surface area is 213 Å². The van der Waals surface area contributed by atoms with Crippen molar-refractivity contribution in [2.75, 3.05) is 18.0 Å². The summed E-state index contributed by atoms with van der Waals surface area (Å²) in [5.41, 5.74) is 1.43. The van der Waals surface area contributed by atoms with Gasteiger partial charge >= 0.3 is 10.1 Å². The monoisotopic (exact) mass is 528 g/mol. The van der Waals surface area contributed by atoms with E-state index >= 15 is 0 Å². The highest BCUT2D eigenvalue weighted by Crippen LogP contribution is 2.32. The van der Waals surface area contributed by atoms with E-state index in [1.807, 2.05) is 53.7 Å². The molecule has 9 heteroatoms. The molecule has 0 aliphatic heterocycles. The molecule has 0 heterocycles. The fraction of sp³-hybridized carbons (Fsp3) is 0.480. The Balaban J connectivity index is 2.52. The second kappa shape index (κ2) is 12.1. The zero-order chi connectivity index (χ0) is 25.6. The summed E-state index contributed by atoms with van der Waals surface area (Å²) in [4.78, 5) is 16.6. The second-order valence-corrected chi connectivity index (χ2v) is 11.2. The Kier molecular flexibility index (Phi) is 10.1. The molecule has 2 aromatic carbocycles. The summed E-state index contributed by atoms with van der Waals surface area (Å²) in [6, 6.07) is 9.43. The lowest BCUT2D eigenvalue weighted by Crippen LogP contribution is -2.37. The Hall–Kier alpha value is -1.96. The highest BCUT2D eigenvalue weighted by molar-refractivity contribution is 7.87. The van der Waals surface area contributed by atoms with Crippen LogP contribution in [0.5, 0.6) is 5.75 Å². The van der Waals surface area contributed by atoms with Gasteiger partial charge in [0, 0.05) is 49.4 Å². The van der Waals surface area contributed by atoms with E-state index in [0.717, 1.165) is 18.8 Å². The molecular formula is C25H34Cl2N2O4S. The van der Waals surface area contributed by atoms with E-state index in [-0.39, 0.29) is 45.1 Å². The number of halogens is 2. The van der Waals surface area contributed by atoms with Crippen molar-refractivity contribution in [3.05, 3.63) is 52.0 Å². The summed E-state index contributed by atoms with van der Waals surface area (Å²) in [5.74, 6) is 0.402. The van der Waals surface area contributed by atoms with E-state index in [0.29, 0.717) is 12.0 Å². The summed E-state index contributed by atoms with van der Waals surface area (Å²) in [7, 11) is -4.19. The van der Waals surface area contributed by atoms with Crippen LogP contribution >= 0.6 is 23.2 Å². The molecule has 0 spiro atoms. The van der Waals surface area contributed by atoms with Gasteiger partial charge in [-0.25, -0.2) is 0 Å². The first-order valence-corrected chi connectivity index (χ1v) is 13.6. The van der Waals surface area contributed by atoms with E-state index in [9.17, 15) is 13.2 Å². The number of anilines is 1. The Morgan fingerprint density at radius 1 is 0.971 bits per heavy atom. The van der Waals surface area contributed by atoms with Crippen molar-refractivity contribution in [2.45, 2.75) is 65.4 Å². The predicted octanol–water partition coefficient (Wildman–Crippen LogP) is 6.39. The number of rotatable bonds is 11. The van der Waals surface area contributed by atoms with Gasteiger partial charge in [-0.15, -0.1) is 0 Å². The molecule has 0 radical (unpaired) electrons. The van der Waals surface area contributed by atoms with Gasteiger partial charge in [-0.3, -0.25) is 4.79 Å². The van der Waals surface area contributed by atoms with Crippen LogP contribution in [-0.4, -0.2) is 38.4 Å². The Bertz CT molecular complexity index is 1100. The number of carbonyl (C=O) groups is 1. The minimum absolute atomic E-state index is 0.0103. The van der Waals surface area contributed by atoms with Crippen molar-refractivity contribution in [2.24, 2.45) is 5.92 Å². The van der Waals surface area contributed by atoms with Gasteiger partial charge in [-0.1, -0.05) is 43.1 Å². The molecular weight excluding hydrogens is 495 g/mol. The number of benzene rings is 2. The lowest BCUT2D eigenvalue weighted by Gasteiger charge is -2.29. The number of nitrogens with zero attached hydrogens (tertiary/aromatic N) is 2. The van der Waals surface area contributed by atoms with Crippen LogP contribution < -0.4 is 9.08 Å². The van der Waals surface area contributed by atoms with Crippen LogP contribution in [0.1, 0.15) is 53.5 Å². The minimum atomic E-state index is -4.19. The first-order valence-electron chi connectivity index (χ1n) is 11.5. The van der Waals surface area contributed by atoms with Gasteiger partial charge < -0.3 is 14.0 Å². The van der Waals surface area contributed by atoms with Gasteiger partial charge in [0.1, 0.15) is 10.6 Å². The lowest BCUT2D eigenvalue weighted by molar-refractivity contribution is -0.134. The zero-order valence-corrected chi connectivity index (χ0v) is 23.0. The molecule has 0 saturated carbocycles. The lowest BCUT2D eigenvalue weighted by atomic mass is 10.1. The van der Waals surface area contributed by atoms with Gasteiger partial charge in [0.2, 0.25) is 5.91 Å². The molecule has 0 unspecified atom stereocenters. The topological polar surface area (TPSA) is 66.9 Å². The maximum Gasteiger partial charge on any atom is 0.339 e. The average molecular weight is 530 g/mol. The maximum absolute atomic E-state index is 13.1. The molecule has 0 aliphatic rings. The van der Waals surface area contributed by atoms with Gasteiger partial charge in [0.25, 0.3) is 0 Å². The summed E-state index contributed by atoms with van der Waals surface area (Å²) >= 11 is 12.0. The smallest absolute Gasteiger partial charge is 0.339 e. The van der Waals surface area contributed by atoms with Crippen LogP contribution in [0.4, 0.5) is 5.69 Å². The van der Waals surface area contributed by atoms with E-state index in [1.165, 1.54) is 18.2 Å². The third-order valence-corrected chi connectivity index (χ3v) is 7.40. The summed E-state index contributed by atoms with van der Waals surface area (Å²) < 4.78 is 31.9. The van der Waals surface area contributed by atoms with E-state index < -0.39 is 10.1 Å². The SMILES string of the molecule is CCN(CC)c1ccc(CN(C(=O)CC(C)C)C(C)C)c(OS(=O)(=O)c2ccc(Cl)c(Cl)c2)c1. The highest BCUT2D eigenvalue weighted by atomic mass is 35.5. The number of hydrogen-bond donors (Lipinski definition) is 0. The normalized spacial score (nSPS) is 11.7. The molecule has 0 aromatic heterocycles. The molecule has 1 amide bonds. The van der Waals surface area contributed by atoms with E-state index in [2.05, 4.69) is 4.90 Å². The molecule has 34 heavy (non-hydrogen) atoms. The third kappa shape index (κ3) is 7.27. The largest absolute Gasteiger partial charge is 0.379 e.